The van der Waals surface area contributed by atoms with Crippen molar-refractivity contribution in [3.63, 3.8) is 0 Å². The van der Waals surface area contributed by atoms with E-state index in [2.05, 4.69) is 23.5 Å². The van der Waals surface area contributed by atoms with Crippen LogP contribution in [-0.2, 0) is 4.74 Å². The summed E-state index contributed by atoms with van der Waals surface area (Å²) in [5.41, 5.74) is 8.30. The molecule has 3 N–H and O–H groups in total. The predicted molar refractivity (Wildman–Crippen MR) is 128 cm³/mol. The smallest absolute Gasteiger partial charge is 0.165 e. The predicted octanol–water partition coefficient (Wildman–Crippen LogP) is 5.22. The molecule has 0 saturated heterocycles. The molecule has 0 fully saturated rings. The summed E-state index contributed by atoms with van der Waals surface area (Å²) in [4.78, 5) is 23.5. The summed E-state index contributed by atoms with van der Waals surface area (Å²) in [6, 6.07) is 7.25. The van der Waals surface area contributed by atoms with Gasteiger partial charge in [0.15, 0.2) is 5.78 Å². The van der Waals surface area contributed by atoms with Crippen LogP contribution in [0.2, 0.25) is 0 Å². The van der Waals surface area contributed by atoms with Gasteiger partial charge in [-0.1, -0.05) is 56.3 Å². The molecule has 3 rings (SSSR count). The topological polar surface area (TPSA) is 93.8 Å². The summed E-state index contributed by atoms with van der Waals surface area (Å²) in [7, 11) is 0. The maximum Gasteiger partial charge on any atom is 0.165 e. The van der Waals surface area contributed by atoms with Crippen molar-refractivity contribution in [1.82, 2.24) is 5.32 Å². The monoisotopic (exact) mass is 433 g/mol. The summed E-state index contributed by atoms with van der Waals surface area (Å²) < 4.78 is 6.29. The van der Waals surface area contributed by atoms with Crippen molar-refractivity contribution in [1.29, 1.82) is 0 Å². The molecule has 2 atom stereocenters. The van der Waals surface area contributed by atoms with Crippen molar-refractivity contribution < 1.29 is 9.53 Å². The molecule has 6 heteroatoms. The molecule has 32 heavy (non-hydrogen) atoms. The Hall–Kier alpha value is -3.41. The highest BCUT2D eigenvalue weighted by Crippen LogP contribution is 2.38. The zero-order chi connectivity index (χ0) is 23.5. The number of rotatable bonds is 7. The van der Waals surface area contributed by atoms with Crippen molar-refractivity contribution in [3.05, 3.63) is 93.9 Å². The van der Waals surface area contributed by atoms with Gasteiger partial charge in [-0.3, -0.25) is 4.79 Å². The Morgan fingerprint density at radius 3 is 2.50 bits per heavy atom. The normalized spacial score (nSPS) is 22.3. The lowest BCUT2D eigenvalue weighted by Gasteiger charge is -2.29. The second-order valence-electron chi connectivity index (χ2n) is 9.00. The van der Waals surface area contributed by atoms with Gasteiger partial charge in [0.1, 0.15) is 17.1 Å². The van der Waals surface area contributed by atoms with Crippen molar-refractivity contribution in [2.24, 2.45) is 22.7 Å². The van der Waals surface area contributed by atoms with E-state index in [0.29, 0.717) is 5.56 Å². The Balaban J connectivity index is 1.92. The standard InChI is InChI=1S/C26H31N3O3/c1-16(2)24(30)19-8-6-18(7-9-19)22-14-17(3)25(32-22)21(10-12-27)20-11-13-28-23(15-20)26(4,5)29-31/h6-17,23,28H,27H2,1-5H3/b12-10-,25-21-. The third kappa shape index (κ3) is 4.74. The zero-order valence-electron chi connectivity index (χ0n) is 19.3. The Morgan fingerprint density at radius 1 is 1.22 bits per heavy atom. The highest BCUT2D eigenvalue weighted by Gasteiger charge is 2.31. The number of benzene rings is 1. The minimum Gasteiger partial charge on any atom is -0.460 e. The first-order valence-electron chi connectivity index (χ1n) is 10.8. The van der Waals surface area contributed by atoms with E-state index in [0.717, 1.165) is 28.2 Å². The number of nitrogens with one attached hydrogen (secondary N) is 1. The Morgan fingerprint density at radius 2 is 1.91 bits per heavy atom. The molecule has 0 bridgehead atoms. The number of hydrogen-bond acceptors (Lipinski definition) is 6. The van der Waals surface area contributed by atoms with Crippen molar-refractivity contribution in [2.45, 2.75) is 46.2 Å². The highest BCUT2D eigenvalue weighted by atomic mass is 16.5. The van der Waals surface area contributed by atoms with Crippen LogP contribution in [0.15, 0.2) is 83.1 Å². The molecule has 0 saturated carbocycles. The van der Waals surface area contributed by atoms with Crippen molar-refractivity contribution in [3.8, 4) is 0 Å². The van der Waals surface area contributed by atoms with Crippen LogP contribution in [0.5, 0.6) is 0 Å². The minimum atomic E-state index is -0.807. The molecule has 6 nitrogen and oxygen atoms in total. The molecule has 2 aliphatic heterocycles. The fraction of sp³-hybridized carbons (Fsp3) is 0.346. The third-order valence-corrected chi connectivity index (χ3v) is 5.73. The first-order valence-corrected chi connectivity index (χ1v) is 10.8. The maximum atomic E-state index is 12.2. The highest BCUT2D eigenvalue weighted by molar-refractivity contribution is 5.97. The van der Waals surface area contributed by atoms with Crippen LogP contribution in [0.4, 0.5) is 0 Å². The van der Waals surface area contributed by atoms with Gasteiger partial charge in [-0.25, -0.2) is 0 Å². The number of ketones is 1. The minimum absolute atomic E-state index is 0.0213. The van der Waals surface area contributed by atoms with Gasteiger partial charge in [0.05, 0.1) is 6.04 Å². The van der Waals surface area contributed by atoms with Gasteiger partial charge in [-0.15, -0.1) is 0 Å². The fourth-order valence-electron chi connectivity index (χ4n) is 3.72. The molecule has 0 aliphatic carbocycles. The molecule has 2 aliphatic rings. The molecule has 1 aromatic rings. The van der Waals surface area contributed by atoms with Crippen LogP contribution >= 0.6 is 0 Å². The Bertz CT molecular complexity index is 1040. The maximum absolute atomic E-state index is 12.2. The molecule has 0 amide bonds. The number of nitrogens with zero attached hydrogens (tertiary/aromatic N) is 1. The number of Topliss-reactive ketones (excluding diaryl/α,β-unsaturated/α-hetero) is 1. The summed E-state index contributed by atoms with van der Waals surface area (Å²) >= 11 is 0. The lowest BCUT2D eigenvalue weighted by atomic mass is 9.89. The van der Waals surface area contributed by atoms with E-state index in [1.807, 2.05) is 62.5 Å². The molecule has 2 heterocycles. The molecule has 0 aromatic heterocycles. The Kier molecular flexibility index (Phi) is 6.82. The van der Waals surface area contributed by atoms with E-state index in [1.165, 1.54) is 6.20 Å². The molecular weight excluding hydrogens is 402 g/mol. The molecular formula is C26H31N3O3. The molecule has 2 unspecified atom stereocenters. The summed E-state index contributed by atoms with van der Waals surface area (Å²) in [5, 5.41) is 6.45. The van der Waals surface area contributed by atoms with Crippen LogP contribution in [0, 0.1) is 16.7 Å². The summed E-state index contributed by atoms with van der Waals surface area (Å²) in [6.07, 6.45) is 11.1. The van der Waals surface area contributed by atoms with Gasteiger partial charge in [0.2, 0.25) is 0 Å². The lowest BCUT2D eigenvalue weighted by Crippen LogP contribution is -2.43. The van der Waals surface area contributed by atoms with Crippen LogP contribution in [0.3, 0.4) is 0 Å². The van der Waals surface area contributed by atoms with E-state index in [-0.39, 0.29) is 23.7 Å². The number of allylic oxidation sites excluding steroid dienone is 5. The SMILES string of the molecule is CC(C)C(=O)c1ccc(C2=CC(C)/C(=C(\C=C/N)C3=CC(C(C)(C)N=O)NC=C3)O2)cc1. The molecule has 0 radical (unpaired) electrons. The largest absolute Gasteiger partial charge is 0.460 e. The van der Waals surface area contributed by atoms with E-state index < -0.39 is 5.54 Å². The van der Waals surface area contributed by atoms with Gasteiger partial charge in [-0.2, -0.15) is 4.91 Å². The number of carbonyl (C=O) groups excluding carboxylic acids is 1. The molecule has 168 valence electrons. The van der Waals surface area contributed by atoms with Gasteiger partial charge in [-0.05, 0) is 50.0 Å². The van der Waals surface area contributed by atoms with E-state index in [1.54, 1.807) is 13.8 Å². The van der Waals surface area contributed by atoms with Gasteiger partial charge < -0.3 is 15.8 Å². The molecule has 0 spiro atoms. The number of ether oxygens (including phenoxy) is 1. The van der Waals surface area contributed by atoms with Crippen LogP contribution in [0.25, 0.3) is 5.76 Å². The summed E-state index contributed by atoms with van der Waals surface area (Å²) in [6.45, 7) is 9.43. The van der Waals surface area contributed by atoms with E-state index in [9.17, 15) is 9.70 Å². The van der Waals surface area contributed by atoms with Crippen LogP contribution in [-0.4, -0.2) is 17.4 Å². The number of nitrogens with two attached hydrogens (primary N) is 1. The second-order valence-corrected chi connectivity index (χ2v) is 9.00. The quantitative estimate of drug-likeness (QED) is 0.454. The van der Waals surface area contributed by atoms with Crippen molar-refractivity contribution >= 4 is 11.5 Å². The average molecular weight is 434 g/mol. The first-order chi connectivity index (χ1) is 15.2. The van der Waals surface area contributed by atoms with E-state index in [4.69, 9.17) is 10.5 Å². The fourth-order valence-corrected chi connectivity index (χ4v) is 3.72. The van der Waals surface area contributed by atoms with Gasteiger partial charge >= 0.3 is 0 Å². The van der Waals surface area contributed by atoms with Gasteiger partial charge in [0, 0.05) is 28.5 Å². The first kappa shape index (κ1) is 23.3. The number of carbonyl (C=O) groups is 1. The van der Waals surface area contributed by atoms with Gasteiger partial charge in [0.25, 0.3) is 0 Å². The molecule has 1 aromatic carbocycles. The van der Waals surface area contributed by atoms with Crippen LogP contribution < -0.4 is 11.1 Å². The number of nitroso groups, excluding NO2 is 1. The Labute approximate surface area is 189 Å². The average Bonchev–Trinajstić information content (AvgIpc) is 3.18. The lowest BCUT2D eigenvalue weighted by molar-refractivity contribution is 0.0939. The third-order valence-electron chi connectivity index (χ3n) is 5.73. The zero-order valence-corrected chi connectivity index (χ0v) is 19.3. The van der Waals surface area contributed by atoms with Crippen LogP contribution in [0.1, 0.15) is 50.5 Å². The summed E-state index contributed by atoms with van der Waals surface area (Å²) in [5.74, 6) is 1.61. The van der Waals surface area contributed by atoms with Crippen molar-refractivity contribution in [2.75, 3.05) is 0 Å². The number of hydrogen-bond donors (Lipinski definition) is 2. The number of dihydropyridines is 1. The second kappa shape index (κ2) is 9.39. The van der Waals surface area contributed by atoms with E-state index >= 15 is 0 Å².